The maximum atomic E-state index is 11.9. The largest absolute Gasteiger partial charge is 0.369 e. The molecule has 2 N–H and O–H groups in total. The van der Waals surface area contributed by atoms with Crippen LogP contribution in [0.2, 0.25) is 0 Å². The molecule has 0 unspecified atom stereocenters. The van der Waals surface area contributed by atoms with E-state index < -0.39 is 15.7 Å². The molecule has 1 aromatic carbocycles. The van der Waals surface area contributed by atoms with E-state index in [2.05, 4.69) is 22.2 Å². The number of hydrogen-bond donors (Lipinski definition) is 1. The molecule has 1 saturated heterocycles. The standard InChI is InChI=1S/C17H20N4O3S/c18-15(22)9-16-19-17(13-5-6-25(23,24)10-13)21(20-16)14-7-11-3-1-2-4-12(11)8-14/h1-4,13-14H,5-10H2,(H2,18,22)/t13-/m0/s1. The highest BCUT2D eigenvalue weighted by Crippen LogP contribution is 2.34. The van der Waals surface area contributed by atoms with Gasteiger partial charge in [0.15, 0.2) is 15.7 Å². The Balaban J connectivity index is 1.69. The van der Waals surface area contributed by atoms with Gasteiger partial charge in [0.05, 0.1) is 24.0 Å². The van der Waals surface area contributed by atoms with E-state index in [0.717, 1.165) is 12.8 Å². The third kappa shape index (κ3) is 3.18. The lowest BCUT2D eigenvalue weighted by Gasteiger charge is -2.15. The number of benzene rings is 1. The van der Waals surface area contributed by atoms with Gasteiger partial charge < -0.3 is 5.73 Å². The second-order valence-electron chi connectivity index (χ2n) is 6.90. The summed E-state index contributed by atoms with van der Waals surface area (Å²) in [6.07, 6.45) is 2.19. The van der Waals surface area contributed by atoms with Crippen molar-refractivity contribution in [3.63, 3.8) is 0 Å². The second-order valence-corrected chi connectivity index (χ2v) is 9.13. The predicted molar refractivity (Wildman–Crippen MR) is 91.8 cm³/mol. The van der Waals surface area contributed by atoms with Crippen molar-refractivity contribution >= 4 is 15.7 Å². The Labute approximate surface area is 146 Å². The molecule has 8 heteroatoms. The molecule has 1 amide bonds. The summed E-state index contributed by atoms with van der Waals surface area (Å²) in [4.78, 5) is 15.7. The monoisotopic (exact) mass is 360 g/mol. The zero-order valence-corrected chi connectivity index (χ0v) is 14.6. The molecule has 1 aliphatic carbocycles. The minimum Gasteiger partial charge on any atom is -0.369 e. The number of aromatic nitrogens is 3. The second kappa shape index (κ2) is 5.94. The summed E-state index contributed by atoms with van der Waals surface area (Å²) in [6, 6.07) is 8.36. The SMILES string of the molecule is NC(=O)Cc1nc([C@H]2CCS(=O)(=O)C2)n(C2Cc3ccccc3C2)n1. The van der Waals surface area contributed by atoms with Gasteiger partial charge in [-0.1, -0.05) is 24.3 Å². The molecular formula is C17H20N4O3S. The van der Waals surface area contributed by atoms with Crippen molar-refractivity contribution in [1.29, 1.82) is 0 Å². The Morgan fingerprint density at radius 3 is 2.48 bits per heavy atom. The van der Waals surface area contributed by atoms with Crippen LogP contribution in [0.3, 0.4) is 0 Å². The van der Waals surface area contributed by atoms with E-state index in [1.807, 2.05) is 16.8 Å². The van der Waals surface area contributed by atoms with Crippen molar-refractivity contribution < 1.29 is 13.2 Å². The Morgan fingerprint density at radius 2 is 1.92 bits per heavy atom. The molecule has 0 radical (unpaired) electrons. The number of carbonyl (C=O) groups excluding carboxylic acids is 1. The minimum absolute atomic E-state index is 0.0286. The number of carbonyl (C=O) groups is 1. The molecule has 2 aromatic rings. The maximum absolute atomic E-state index is 11.9. The Kier molecular flexibility index (Phi) is 3.87. The zero-order valence-electron chi connectivity index (χ0n) is 13.8. The molecule has 25 heavy (non-hydrogen) atoms. The molecule has 7 nitrogen and oxygen atoms in total. The average molecular weight is 360 g/mol. The van der Waals surface area contributed by atoms with Crippen LogP contribution in [0, 0.1) is 0 Å². The molecule has 1 aromatic heterocycles. The van der Waals surface area contributed by atoms with Gasteiger partial charge in [-0.05, 0) is 30.4 Å². The summed E-state index contributed by atoms with van der Waals surface area (Å²) < 4.78 is 25.6. The van der Waals surface area contributed by atoms with E-state index in [0.29, 0.717) is 18.1 Å². The zero-order chi connectivity index (χ0) is 17.6. The number of nitrogens with zero attached hydrogens (tertiary/aromatic N) is 3. The minimum atomic E-state index is -3.02. The van der Waals surface area contributed by atoms with Gasteiger partial charge in [0.2, 0.25) is 5.91 Å². The third-order valence-corrected chi connectivity index (χ3v) is 6.77. The highest BCUT2D eigenvalue weighted by Gasteiger charge is 2.35. The van der Waals surface area contributed by atoms with Gasteiger partial charge in [-0.2, -0.15) is 5.10 Å². The normalized spacial score (nSPS) is 22.2. The molecule has 0 saturated carbocycles. The van der Waals surface area contributed by atoms with Gasteiger partial charge in [-0.25, -0.2) is 18.1 Å². The fourth-order valence-electron chi connectivity index (χ4n) is 3.87. The van der Waals surface area contributed by atoms with Crippen molar-refractivity contribution in [2.45, 2.75) is 37.6 Å². The number of primary amides is 1. The molecule has 1 fully saturated rings. The Morgan fingerprint density at radius 1 is 1.24 bits per heavy atom. The first-order valence-corrected chi connectivity index (χ1v) is 10.2. The number of sulfone groups is 1. The van der Waals surface area contributed by atoms with E-state index >= 15 is 0 Å². The van der Waals surface area contributed by atoms with E-state index in [1.165, 1.54) is 11.1 Å². The number of amides is 1. The lowest BCUT2D eigenvalue weighted by molar-refractivity contribution is -0.117. The van der Waals surface area contributed by atoms with Crippen LogP contribution in [0.25, 0.3) is 0 Å². The Bertz CT molecular complexity index is 910. The quantitative estimate of drug-likeness (QED) is 0.856. The van der Waals surface area contributed by atoms with Crippen LogP contribution in [0.5, 0.6) is 0 Å². The highest BCUT2D eigenvalue weighted by molar-refractivity contribution is 7.91. The molecular weight excluding hydrogens is 340 g/mol. The first kappa shape index (κ1) is 16.3. The predicted octanol–water partition coefficient (Wildman–Crippen LogP) is 0.548. The fourth-order valence-corrected chi connectivity index (χ4v) is 5.61. The Hall–Kier alpha value is -2.22. The van der Waals surface area contributed by atoms with Crippen LogP contribution in [-0.4, -0.2) is 40.6 Å². The van der Waals surface area contributed by atoms with Crippen LogP contribution in [0.15, 0.2) is 24.3 Å². The molecule has 1 aliphatic heterocycles. The number of nitrogens with two attached hydrogens (primary N) is 1. The van der Waals surface area contributed by atoms with E-state index in [1.54, 1.807) is 0 Å². The molecule has 2 heterocycles. The molecule has 0 bridgehead atoms. The average Bonchev–Trinajstić information content (AvgIpc) is 3.22. The summed E-state index contributed by atoms with van der Waals surface area (Å²) in [7, 11) is -3.02. The summed E-state index contributed by atoms with van der Waals surface area (Å²) in [6.45, 7) is 0. The topological polar surface area (TPSA) is 108 Å². The maximum Gasteiger partial charge on any atom is 0.225 e. The summed E-state index contributed by atoms with van der Waals surface area (Å²) in [5, 5.41) is 4.52. The van der Waals surface area contributed by atoms with Crippen LogP contribution < -0.4 is 5.73 Å². The number of hydrogen-bond acceptors (Lipinski definition) is 5. The summed E-state index contributed by atoms with van der Waals surface area (Å²) in [5.74, 6) is 0.681. The first-order chi connectivity index (χ1) is 11.9. The smallest absolute Gasteiger partial charge is 0.225 e. The van der Waals surface area contributed by atoms with Crippen LogP contribution >= 0.6 is 0 Å². The molecule has 1 atom stereocenters. The van der Waals surface area contributed by atoms with Gasteiger partial charge in [0.25, 0.3) is 0 Å². The molecule has 0 spiro atoms. The van der Waals surface area contributed by atoms with Crippen molar-refractivity contribution in [1.82, 2.24) is 14.8 Å². The third-order valence-electron chi connectivity index (χ3n) is 5.01. The number of rotatable bonds is 4. The van der Waals surface area contributed by atoms with Crippen molar-refractivity contribution in [3.05, 3.63) is 47.0 Å². The van der Waals surface area contributed by atoms with Crippen molar-refractivity contribution in [2.75, 3.05) is 11.5 Å². The molecule has 132 valence electrons. The molecule has 2 aliphatic rings. The number of fused-ring (bicyclic) bond motifs is 1. The molecule has 4 rings (SSSR count). The van der Waals surface area contributed by atoms with Gasteiger partial charge in [-0.15, -0.1) is 0 Å². The van der Waals surface area contributed by atoms with Crippen LogP contribution in [0.4, 0.5) is 0 Å². The van der Waals surface area contributed by atoms with E-state index in [4.69, 9.17) is 5.73 Å². The lowest BCUT2D eigenvalue weighted by Crippen LogP contribution is -2.18. The first-order valence-electron chi connectivity index (χ1n) is 8.42. The van der Waals surface area contributed by atoms with Gasteiger partial charge in [0, 0.05) is 5.92 Å². The highest BCUT2D eigenvalue weighted by atomic mass is 32.2. The summed E-state index contributed by atoms with van der Waals surface area (Å²) in [5.41, 5.74) is 7.84. The van der Waals surface area contributed by atoms with Crippen molar-refractivity contribution in [3.8, 4) is 0 Å². The van der Waals surface area contributed by atoms with Crippen molar-refractivity contribution in [2.24, 2.45) is 5.73 Å². The van der Waals surface area contributed by atoms with Crippen LogP contribution in [0.1, 0.15) is 41.2 Å². The summed E-state index contributed by atoms with van der Waals surface area (Å²) >= 11 is 0. The fraction of sp³-hybridized carbons (Fsp3) is 0.471. The van der Waals surface area contributed by atoms with Crippen LogP contribution in [-0.2, 0) is 33.9 Å². The van der Waals surface area contributed by atoms with Gasteiger partial charge >= 0.3 is 0 Å². The van der Waals surface area contributed by atoms with Gasteiger partial charge in [-0.3, -0.25) is 4.79 Å². The lowest BCUT2D eigenvalue weighted by atomic mass is 10.1. The van der Waals surface area contributed by atoms with E-state index in [9.17, 15) is 13.2 Å². The van der Waals surface area contributed by atoms with Gasteiger partial charge in [0.1, 0.15) is 5.82 Å². The van der Waals surface area contributed by atoms with E-state index in [-0.39, 0.29) is 29.9 Å².